The molecule has 2 aromatic heterocycles. The number of benzene rings is 2. The Bertz CT molecular complexity index is 1220. The Balaban J connectivity index is 1.31. The predicted octanol–water partition coefficient (Wildman–Crippen LogP) is 1.95. The summed E-state index contributed by atoms with van der Waals surface area (Å²) in [6.07, 6.45) is 0.866. The Labute approximate surface area is 167 Å². The van der Waals surface area contributed by atoms with E-state index in [0.29, 0.717) is 13.0 Å². The molecule has 0 saturated heterocycles. The van der Waals surface area contributed by atoms with E-state index in [0.717, 1.165) is 40.6 Å². The summed E-state index contributed by atoms with van der Waals surface area (Å²) in [5, 5.41) is 23.1. The molecule has 0 amide bonds. The molecule has 0 fully saturated rings. The van der Waals surface area contributed by atoms with Gasteiger partial charge in [0.15, 0.2) is 0 Å². The highest BCUT2D eigenvalue weighted by Gasteiger charge is 2.29. The van der Waals surface area contributed by atoms with E-state index in [1.54, 1.807) is 4.57 Å². The zero-order valence-electron chi connectivity index (χ0n) is 16.2. The normalized spacial score (nSPS) is 20.2. The van der Waals surface area contributed by atoms with E-state index < -0.39 is 6.10 Å². The molecule has 2 aromatic carbocycles. The van der Waals surface area contributed by atoms with Crippen LogP contribution in [0.15, 0.2) is 47.3 Å². The van der Waals surface area contributed by atoms with Gasteiger partial charge in [0, 0.05) is 30.7 Å². The Morgan fingerprint density at radius 1 is 1.28 bits per heavy atom. The van der Waals surface area contributed by atoms with E-state index in [1.807, 2.05) is 47.1 Å². The summed E-state index contributed by atoms with van der Waals surface area (Å²) in [4.78, 5) is 15.1. The van der Waals surface area contributed by atoms with Crippen LogP contribution in [-0.2, 0) is 13.1 Å². The summed E-state index contributed by atoms with van der Waals surface area (Å²) in [6.45, 7) is 3.43. The van der Waals surface area contributed by atoms with Crippen LogP contribution in [0.4, 0.5) is 0 Å². The van der Waals surface area contributed by atoms with Gasteiger partial charge in [-0.15, -0.1) is 5.10 Å². The Hall–Kier alpha value is -2.97. The molecule has 3 heterocycles. The van der Waals surface area contributed by atoms with Gasteiger partial charge in [-0.05, 0) is 38.0 Å². The van der Waals surface area contributed by atoms with E-state index in [4.69, 9.17) is 0 Å². The molecule has 0 radical (unpaired) electrons. The number of para-hydroxylation sites is 2. The molecule has 1 aliphatic heterocycles. The zero-order chi connectivity index (χ0) is 20.0. The van der Waals surface area contributed by atoms with Crippen molar-refractivity contribution >= 4 is 22.1 Å². The molecule has 3 N–H and O–H groups in total. The van der Waals surface area contributed by atoms with Crippen LogP contribution in [-0.4, -0.2) is 41.7 Å². The van der Waals surface area contributed by atoms with Gasteiger partial charge in [-0.3, -0.25) is 4.57 Å². The van der Waals surface area contributed by atoms with Gasteiger partial charge in [0.1, 0.15) is 5.52 Å². The van der Waals surface area contributed by atoms with E-state index in [9.17, 15) is 9.90 Å². The topological polar surface area (TPSA) is 101 Å². The number of aromatic amines is 1. The second-order valence-corrected chi connectivity index (χ2v) is 7.82. The molecule has 1 unspecified atom stereocenters. The number of aliphatic hydroxyl groups excluding tert-OH is 1. The highest BCUT2D eigenvalue weighted by molar-refractivity contribution is 5.79. The highest BCUT2D eigenvalue weighted by atomic mass is 16.3. The van der Waals surface area contributed by atoms with Crippen LogP contribution in [0.2, 0.25) is 0 Å². The van der Waals surface area contributed by atoms with Gasteiger partial charge in [-0.2, -0.15) is 0 Å². The number of nitrogens with zero attached hydrogens (tertiary/aromatic N) is 4. The van der Waals surface area contributed by atoms with Crippen LogP contribution in [0.5, 0.6) is 0 Å². The summed E-state index contributed by atoms with van der Waals surface area (Å²) in [6, 6.07) is 13.6. The molecule has 0 spiro atoms. The van der Waals surface area contributed by atoms with Gasteiger partial charge < -0.3 is 15.4 Å². The van der Waals surface area contributed by atoms with Crippen molar-refractivity contribution in [1.82, 2.24) is 29.9 Å². The lowest BCUT2D eigenvalue weighted by Crippen LogP contribution is -2.41. The largest absolute Gasteiger partial charge is 0.387 e. The minimum Gasteiger partial charge on any atom is -0.387 e. The standard InChI is InChI=1S/C21H24N6O2/c1-13(9-12-27-18-8-3-2-6-15(18)24-25-27)22-17-10-11-26-19-14(20(17)28)5-4-7-16(19)23-21(26)29/h2-8,13,17,20,22,28H,9-12H2,1H3,(H,23,29)/t13?,17-,20-/m1/s1. The molecule has 150 valence electrons. The molecule has 0 bridgehead atoms. The summed E-state index contributed by atoms with van der Waals surface area (Å²) >= 11 is 0. The molecule has 0 saturated carbocycles. The molecular weight excluding hydrogens is 368 g/mol. The van der Waals surface area contributed by atoms with E-state index in [-0.39, 0.29) is 17.8 Å². The highest BCUT2D eigenvalue weighted by Crippen LogP contribution is 2.30. The van der Waals surface area contributed by atoms with Gasteiger partial charge in [-0.1, -0.05) is 29.5 Å². The maximum absolute atomic E-state index is 12.3. The van der Waals surface area contributed by atoms with Gasteiger partial charge >= 0.3 is 5.69 Å². The number of H-pyrrole nitrogens is 1. The first kappa shape index (κ1) is 18.1. The molecule has 3 atom stereocenters. The first-order chi connectivity index (χ1) is 14.1. The maximum Gasteiger partial charge on any atom is 0.326 e. The van der Waals surface area contributed by atoms with Crippen molar-refractivity contribution in [3.8, 4) is 0 Å². The third kappa shape index (κ3) is 3.14. The lowest BCUT2D eigenvalue weighted by Gasteiger charge is -2.26. The average Bonchev–Trinajstić information content (AvgIpc) is 3.24. The second kappa shape index (κ2) is 7.13. The average molecular weight is 392 g/mol. The Morgan fingerprint density at radius 3 is 3.03 bits per heavy atom. The van der Waals surface area contributed by atoms with Crippen molar-refractivity contribution < 1.29 is 5.11 Å². The van der Waals surface area contributed by atoms with Crippen LogP contribution >= 0.6 is 0 Å². The van der Waals surface area contributed by atoms with Crippen LogP contribution in [0, 0.1) is 0 Å². The van der Waals surface area contributed by atoms with Gasteiger partial charge in [0.05, 0.1) is 22.7 Å². The second-order valence-electron chi connectivity index (χ2n) is 7.82. The van der Waals surface area contributed by atoms with Crippen molar-refractivity contribution in [3.05, 3.63) is 58.5 Å². The number of aliphatic hydroxyl groups is 1. The van der Waals surface area contributed by atoms with Crippen molar-refractivity contribution in [3.63, 3.8) is 0 Å². The van der Waals surface area contributed by atoms with Crippen molar-refractivity contribution in [2.45, 2.75) is 51.0 Å². The number of hydrogen-bond donors (Lipinski definition) is 3. The first-order valence-electron chi connectivity index (χ1n) is 10.1. The summed E-state index contributed by atoms with van der Waals surface area (Å²) < 4.78 is 3.66. The fraction of sp³-hybridized carbons (Fsp3) is 0.381. The number of hydrogen-bond acceptors (Lipinski definition) is 5. The van der Waals surface area contributed by atoms with Crippen LogP contribution in [0.3, 0.4) is 0 Å². The van der Waals surface area contributed by atoms with E-state index in [1.165, 1.54) is 0 Å². The quantitative estimate of drug-likeness (QED) is 0.482. The Morgan fingerprint density at radius 2 is 2.14 bits per heavy atom. The molecular formula is C21H24N6O2. The smallest absolute Gasteiger partial charge is 0.326 e. The molecule has 29 heavy (non-hydrogen) atoms. The van der Waals surface area contributed by atoms with Crippen LogP contribution in [0.1, 0.15) is 31.4 Å². The predicted molar refractivity (Wildman–Crippen MR) is 111 cm³/mol. The monoisotopic (exact) mass is 392 g/mol. The summed E-state index contributed by atoms with van der Waals surface area (Å²) in [5.74, 6) is 0. The molecule has 8 heteroatoms. The minimum absolute atomic E-state index is 0.119. The van der Waals surface area contributed by atoms with Crippen LogP contribution < -0.4 is 11.0 Å². The zero-order valence-corrected chi connectivity index (χ0v) is 16.2. The fourth-order valence-electron chi connectivity index (χ4n) is 4.36. The number of imidazole rings is 1. The molecule has 5 rings (SSSR count). The van der Waals surface area contributed by atoms with Gasteiger partial charge in [-0.25, -0.2) is 9.48 Å². The summed E-state index contributed by atoms with van der Waals surface area (Å²) in [5.41, 5.74) is 4.19. The Kier molecular flexibility index (Phi) is 4.44. The lowest BCUT2D eigenvalue weighted by atomic mass is 9.99. The summed E-state index contributed by atoms with van der Waals surface area (Å²) in [7, 11) is 0. The number of nitrogens with one attached hydrogen (secondary N) is 2. The van der Waals surface area contributed by atoms with E-state index in [2.05, 4.69) is 27.5 Å². The number of aryl methyl sites for hydroxylation is 2. The molecule has 4 aromatic rings. The van der Waals surface area contributed by atoms with Crippen molar-refractivity contribution in [2.75, 3.05) is 0 Å². The van der Waals surface area contributed by atoms with Crippen LogP contribution in [0.25, 0.3) is 22.1 Å². The number of fused-ring (bicyclic) bond motifs is 1. The molecule has 8 nitrogen and oxygen atoms in total. The van der Waals surface area contributed by atoms with E-state index >= 15 is 0 Å². The maximum atomic E-state index is 12.3. The number of rotatable bonds is 5. The minimum atomic E-state index is -0.669. The van der Waals surface area contributed by atoms with Gasteiger partial charge in [0.25, 0.3) is 0 Å². The lowest BCUT2D eigenvalue weighted by molar-refractivity contribution is 0.118. The van der Waals surface area contributed by atoms with Crippen molar-refractivity contribution in [2.24, 2.45) is 0 Å². The number of aromatic nitrogens is 5. The van der Waals surface area contributed by atoms with Crippen molar-refractivity contribution in [1.29, 1.82) is 0 Å². The van der Waals surface area contributed by atoms with Gasteiger partial charge in [0.2, 0.25) is 0 Å². The third-order valence-electron chi connectivity index (χ3n) is 5.88. The molecule has 1 aliphatic rings. The first-order valence-corrected chi connectivity index (χ1v) is 10.1. The third-order valence-corrected chi connectivity index (χ3v) is 5.88. The SMILES string of the molecule is CC(CCn1nnc2ccccc21)N[C@@H]1CCn2c(=O)[nH]c3cccc(c32)[C@H]1O. The molecule has 0 aliphatic carbocycles. The fourth-order valence-corrected chi connectivity index (χ4v) is 4.36.